The maximum Gasteiger partial charge on any atom is 0.412 e. The van der Waals surface area contributed by atoms with Gasteiger partial charge in [-0.3, -0.25) is 29.4 Å². The molecular formula is C27H27F3N4O5. The molecule has 12 heteroatoms. The molecule has 39 heavy (non-hydrogen) atoms. The van der Waals surface area contributed by atoms with Gasteiger partial charge in [0.25, 0.3) is 11.8 Å². The van der Waals surface area contributed by atoms with Crippen LogP contribution in [-0.2, 0) is 27.4 Å². The van der Waals surface area contributed by atoms with Crippen molar-refractivity contribution in [1.82, 2.24) is 20.4 Å². The van der Waals surface area contributed by atoms with Crippen LogP contribution in [-0.4, -0.2) is 71.9 Å². The zero-order valence-electron chi connectivity index (χ0n) is 20.9. The molecule has 0 saturated carbocycles. The number of imide groups is 1. The monoisotopic (exact) mass is 544 g/mol. The number of fused-ring (bicyclic) bond motifs is 1. The van der Waals surface area contributed by atoms with Gasteiger partial charge in [0.2, 0.25) is 11.8 Å². The van der Waals surface area contributed by atoms with Crippen LogP contribution in [0, 0.1) is 0 Å². The van der Waals surface area contributed by atoms with E-state index in [0.717, 1.165) is 18.7 Å². The largest absolute Gasteiger partial charge is 0.412 e. The second-order valence-corrected chi connectivity index (χ2v) is 9.85. The van der Waals surface area contributed by atoms with Crippen molar-refractivity contribution < 1.29 is 37.1 Å². The Morgan fingerprint density at radius 3 is 2.46 bits per heavy atom. The lowest BCUT2D eigenvalue weighted by molar-refractivity contribution is -0.155. The molecule has 3 aliphatic heterocycles. The number of hydrogen-bond donors (Lipinski definition) is 2. The number of hydrogen-bond acceptors (Lipinski definition) is 6. The number of halogens is 3. The second kappa shape index (κ2) is 10.8. The van der Waals surface area contributed by atoms with Gasteiger partial charge in [-0.25, -0.2) is 0 Å². The first-order valence-corrected chi connectivity index (χ1v) is 12.6. The molecule has 2 atom stereocenters. The Hall–Kier alpha value is -3.77. The lowest BCUT2D eigenvalue weighted by Gasteiger charge is -2.29. The molecule has 2 N–H and O–H groups in total. The summed E-state index contributed by atoms with van der Waals surface area (Å²) >= 11 is 0. The molecule has 0 aromatic heterocycles. The maximum absolute atomic E-state index is 14.0. The Balaban J connectivity index is 1.29. The van der Waals surface area contributed by atoms with Gasteiger partial charge in [0.05, 0.1) is 13.2 Å². The van der Waals surface area contributed by atoms with Crippen LogP contribution < -0.4 is 10.6 Å². The fourth-order valence-corrected chi connectivity index (χ4v) is 5.12. The van der Waals surface area contributed by atoms with Gasteiger partial charge in [0.1, 0.15) is 6.04 Å². The number of amides is 4. The molecule has 2 aromatic rings. The number of piperidine rings is 1. The smallest absolute Gasteiger partial charge is 0.379 e. The SMILES string of the molecule is O=C1CCC(N2Cc3cc(C(=O)N[C@H](c4ccc(CN5CCOCC5)cc4)C(F)(F)F)ccc3C2=O)C(=O)N1. The van der Waals surface area contributed by atoms with Crippen molar-refractivity contribution in [3.8, 4) is 0 Å². The molecule has 3 aliphatic rings. The summed E-state index contributed by atoms with van der Waals surface area (Å²) in [6, 6.07) is 6.97. The van der Waals surface area contributed by atoms with E-state index in [2.05, 4.69) is 15.5 Å². The summed E-state index contributed by atoms with van der Waals surface area (Å²) in [7, 11) is 0. The lowest BCUT2D eigenvalue weighted by Crippen LogP contribution is -2.52. The summed E-state index contributed by atoms with van der Waals surface area (Å²) in [5.41, 5.74) is 1.41. The normalized spacial score (nSPS) is 20.9. The summed E-state index contributed by atoms with van der Waals surface area (Å²) < 4.78 is 47.3. The van der Waals surface area contributed by atoms with Gasteiger partial charge in [-0.2, -0.15) is 13.2 Å². The quantitative estimate of drug-likeness (QED) is 0.541. The third kappa shape index (κ3) is 5.81. The minimum atomic E-state index is -4.74. The number of benzene rings is 2. The van der Waals surface area contributed by atoms with E-state index >= 15 is 0 Å². The van der Waals surface area contributed by atoms with E-state index in [1.807, 2.05) is 0 Å². The first-order chi connectivity index (χ1) is 18.6. The Morgan fingerprint density at radius 2 is 1.79 bits per heavy atom. The second-order valence-electron chi connectivity index (χ2n) is 9.85. The average molecular weight is 545 g/mol. The van der Waals surface area contributed by atoms with E-state index in [1.54, 1.807) is 12.1 Å². The highest BCUT2D eigenvalue weighted by molar-refractivity contribution is 6.06. The fourth-order valence-electron chi connectivity index (χ4n) is 5.12. The van der Waals surface area contributed by atoms with Gasteiger partial charge in [-0.05, 0) is 41.3 Å². The predicted octanol–water partition coefficient (Wildman–Crippen LogP) is 2.31. The Morgan fingerprint density at radius 1 is 1.08 bits per heavy atom. The summed E-state index contributed by atoms with van der Waals surface area (Å²) in [5.74, 6) is -2.36. The van der Waals surface area contributed by atoms with Crippen molar-refractivity contribution in [2.45, 2.75) is 44.2 Å². The predicted molar refractivity (Wildman–Crippen MR) is 131 cm³/mol. The van der Waals surface area contributed by atoms with Crippen LogP contribution in [0.1, 0.15) is 56.3 Å². The minimum Gasteiger partial charge on any atom is -0.379 e. The van der Waals surface area contributed by atoms with E-state index in [0.29, 0.717) is 25.3 Å². The Kier molecular flexibility index (Phi) is 7.41. The lowest BCUT2D eigenvalue weighted by atomic mass is 10.0. The number of nitrogens with one attached hydrogen (secondary N) is 2. The number of alkyl halides is 3. The van der Waals surface area contributed by atoms with Gasteiger partial charge < -0.3 is 15.0 Å². The van der Waals surface area contributed by atoms with Crippen LogP contribution in [0.4, 0.5) is 13.2 Å². The van der Waals surface area contributed by atoms with Gasteiger partial charge in [0.15, 0.2) is 6.04 Å². The number of morpholine rings is 1. The highest BCUT2D eigenvalue weighted by Gasteiger charge is 2.43. The maximum atomic E-state index is 14.0. The van der Waals surface area contributed by atoms with Crippen LogP contribution in [0.2, 0.25) is 0 Å². The van der Waals surface area contributed by atoms with E-state index in [1.165, 1.54) is 35.2 Å². The van der Waals surface area contributed by atoms with E-state index in [9.17, 15) is 32.3 Å². The number of ether oxygens (including phenoxy) is 1. The average Bonchev–Trinajstić information content (AvgIpc) is 3.23. The van der Waals surface area contributed by atoms with Crippen LogP contribution in [0.15, 0.2) is 42.5 Å². The molecule has 2 saturated heterocycles. The van der Waals surface area contributed by atoms with Crippen molar-refractivity contribution in [3.05, 3.63) is 70.3 Å². The van der Waals surface area contributed by atoms with Crippen molar-refractivity contribution >= 4 is 23.6 Å². The first kappa shape index (κ1) is 26.8. The van der Waals surface area contributed by atoms with Crippen molar-refractivity contribution in [2.75, 3.05) is 26.3 Å². The number of carbonyl (C=O) groups excluding carboxylic acids is 4. The van der Waals surface area contributed by atoms with Gasteiger partial charge in [-0.15, -0.1) is 0 Å². The standard InChI is InChI=1S/C27H27F3N4O5/c28-27(29,30)23(17-3-1-16(2-4-17)14-33-9-11-39-12-10-33)32-24(36)18-5-6-20-19(13-18)15-34(26(20)38)21-7-8-22(35)31-25(21)37/h1-6,13,21,23H,7-12,14-15H2,(H,32,36)(H,31,35,37)/t21?,23-/m1/s1. The molecule has 0 spiro atoms. The molecule has 4 amide bonds. The molecule has 5 rings (SSSR count). The summed E-state index contributed by atoms with van der Waals surface area (Å²) in [6.07, 6.45) is -4.47. The Labute approximate surface area is 222 Å². The van der Waals surface area contributed by atoms with Crippen molar-refractivity contribution in [1.29, 1.82) is 0 Å². The summed E-state index contributed by atoms with van der Waals surface area (Å²) in [6.45, 7) is 3.34. The summed E-state index contributed by atoms with van der Waals surface area (Å²) in [4.78, 5) is 52.9. The molecule has 2 fully saturated rings. The van der Waals surface area contributed by atoms with Gasteiger partial charge in [0, 0.05) is 43.7 Å². The highest BCUT2D eigenvalue weighted by Crippen LogP contribution is 2.34. The van der Waals surface area contributed by atoms with Crippen LogP contribution >= 0.6 is 0 Å². The zero-order chi connectivity index (χ0) is 27.7. The van der Waals surface area contributed by atoms with E-state index < -0.39 is 41.9 Å². The molecule has 9 nitrogen and oxygen atoms in total. The van der Waals surface area contributed by atoms with Crippen LogP contribution in [0.3, 0.4) is 0 Å². The first-order valence-electron chi connectivity index (χ1n) is 12.6. The molecule has 1 unspecified atom stereocenters. The fraction of sp³-hybridized carbons (Fsp3) is 0.407. The van der Waals surface area contributed by atoms with Crippen molar-refractivity contribution in [3.63, 3.8) is 0 Å². The highest BCUT2D eigenvalue weighted by atomic mass is 19.4. The third-order valence-corrected chi connectivity index (χ3v) is 7.21. The molecule has 0 radical (unpaired) electrons. The molecule has 3 heterocycles. The van der Waals surface area contributed by atoms with Crippen LogP contribution in [0.25, 0.3) is 0 Å². The van der Waals surface area contributed by atoms with E-state index in [-0.39, 0.29) is 36.1 Å². The summed E-state index contributed by atoms with van der Waals surface area (Å²) in [5, 5.41) is 4.30. The third-order valence-electron chi connectivity index (χ3n) is 7.21. The topological polar surface area (TPSA) is 108 Å². The zero-order valence-corrected chi connectivity index (χ0v) is 20.9. The molecular weight excluding hydrogens is 517 g/mol. The van der Waals surface area contributed by atoms with Crippen LogP contribution in [0.5, 0.6) is 0 Å². The number of nitrogens with zero attached hydrogens (tertiary/aromatic N) is 2. The van der Waals surface area contributed by atoms with Gasteiger partial charge >= 0.3 is 6.18 Å². The minimum absolute atomic E-state index is 0.00880. The number of carbonyl (C=O) groups is 4. The number of rotatable bonds is 6. The van der Waals surface area contributed by atoms with E-state index in [4.69, 9.17) is 4.74 Å². The molecule has 0 aliphatic carbocycles. The molecule has 0 bridgehead atoms. The van der Waals surface area contributed by atoms with Crippen molar-refractivity contribution in [2.24, 2.45) is 0 Å². The molecule has 206 valence electrons. The molecule has 2 aromatic carbocycles. The van der Waals surface area contributed by atoms with Gasteiger partial charge in [-0.1, -0.05) is 24.3 Å². The Bertz CT molecular complexity index is 1290.